The molecule has 108 valence electrons. The minimum absolute atomic E-state index is 0.314. The van der Waals surface area contributed by atoms with Crippen molar-refractivity contribution in [2.45, 2.75) is 52.2 Å². The van der Waals surface area contributed by atoms with Crippen LogP contribution in [0.1, 0.15) is 39.2 Å². The summed E-state index contributed by atoms with van der Waals surface area (Å²) in [6.07, 6.45) is 3.64. The van der Waals surface area contributed by atoms with Crippen molar-refractivity contribution < 1.29 is 4.74 Å². The van der Waals surface area contributed by atoms with Crippen molar-refractivity contribution in [3.8, 4) is 0 Å². The Balaban J connectivity index is 2.71. The molecule has 0 aliphatic carbocycles. The van der Waals surface area contributed by atoms with E-state index >= 15 is 0 Å². The van der Waals surface area contributed by atoms with Crippen LogP contribution in [0.5, 0.6) is 0 Å². The van der Waals surface area contributed by atoms with E-state index in [4.69, 9.17) is 4.74 Å². The molecule has 0 heterocycles. The molecule has 0 saturated heterocycles. The van der Waals surface area contributed by atoms with E-state index in [1.165, 1.54) is 15.6 Å². The molecule has 1 aromatic carbocycles. The van der Waals surface area contributed by atoms with E-state index in [2.05, 4.69) is 72.9 Å². The van der Waals surface area contributed by atoms with Gasteiger partial charge >= 0.3 is 0 Å². The van der Waals surface area contributed by atoms with E-state index in [1.54, 1.807) is 0 Å². The van der Waals surface area contributed by atoms with Gasteiger partial charge in [-0.3, -0.25) is 0 Å². The number of halogens is 1. The molecule has 19 heavy (non-hydrogen) atoms. The van der Waals surface area contributed by atoms with Gasteiger partial charge in [0.2, 0.25) is 0 Å². The number of likely N-dealkylation sites (N-methyl/N-ethyl adjacent to an activating group) is 1. The highest BCUT2D eigenvalue weighted by Gasteiger charge is 2.20. The quantitative estimate of drug-likeness (QED) is 0.659. The molecule has 0 radical (unpaired) electrons. The lowest BCUT2D eigenvalue weighted by Crippen LogP contribution is -2.43. The van der Waals surface area contributed by atoms with Gasteiger partial charge in [0.25, 0.3) is 0 Å². The molecule has 1 N–H and O–H groups in total. The van der Waals surface area contributed by atoms with Gasteiger partial charge in [-0.1, -0.05) is 32.4 Å². The van der Waals surface area contributed by atoms with Gasteiger partial charge in [0.15, 0.2) is 0 Å². The molecule has 0 fully saturated rings. The lowest BCUT2D eigenvalue weighted by molar-refractivity contribution is 0.0285. The summed E-state index contributed by atoms with van der Waals surface area (Å²) in [6.45, 7) is 8.24. The molecule has 2 unspecified atom stereocenters. The number of benzene rings is 1. The van der Waals surface area contributed by atoms with E-state index in [0.29, 0.717) is 12.1 Å². The van der Waals surface area contributed by atoms with Gasteiger partial charge in [0, 0.05) is 16.2 Å². The maximum absolute atomic E-state index is 5.93. The van der Waals surface area contributed by atoms with Crippen molar-refractivity contribution in [1.29, 1.82) is 0 Å². The fraction of sp³-hybridized carbons (Fsp3) is 0.625. The summed E-state index contributed by atoms with van der Waals surface area (Å²) in [5.74, 6) is 0. The molecular weight excluding hydrogens is 349 g/mol. The fourth-order valence-electron chi connectivity index (χ4n) is 2.37. The molecular formula is C16H26INO. The van der Waals surface area contributed by atoms with Gasteiger partial charge in [-0.25, -0.2) is 0 Å². The summed E-state index contributed by atoms with van der Waals surface area (Å²) in [4.78, 5) is 0. The predicted molar refractivity (Wildman–Crippen MR) is 90.6 cm³/mol. The number of hydrogen-bond acceptors (Lipinski definition) is 2. The Labute approximate surface area is 131 Å². The molecule has 0 spiro atoms. The van der Waals surface area contributed by atoms with Crippen LogP contribution in [0.3, 0.4) is 0 Å². The van der Waals surface area contributed by atoms with Crippen LogP contribution in [0, 0.1) is 3.57 Å². The van der Waals surface area contributed by atoms with Crippen LogP contribution in [-0.2, 0) is 11.2 Å². The monoisotopic (exact) mass is 375 g/mol. The highest BCUT2D eigenvalue weighted by atomic mass is 127. The van der Waals surface area contributed by atoms with Crippen LogP contribution in [0.2, 0.25) is 0 Å². The molecule has 2 nitrogen and oxygen atoms in total. The van der Waals surface area contributed by atoms with Gasteiger partial charge in [-0.2, -0.15) is 0 Å². The molecule has 0 amide bonds. The third kappa shape index (κ3) is 6.23. The van der Waals surface area contributed by atoms with Crippen molar-refractivity contribution in [2.75, 3.05) is 13.2 Å². The van der Waals surface area contributed by atoms with Crippen LogP contribution in [0.4, 0.5) is 0 Å². The standard InChI is InChI=1S/C16H26INO/c1-4-7-16(19-6-3)15(18-5-2)12-13-8-10-14(17)11-9-13/h8-11,15-16,18H,4-7,12H2,1-3H3. The normalized spacial score (nSPS) is 14.3. The highest BCUT2D eigenvalue weighted by molar-refractivity contribution is 14.1. The number of ether oxygens (including phenoxy) is 1. The second-order valence-corrected chi connectivity index (χ2v) is 6.02. The van der Waals surface area contributed by atoms with Crippen molar-refractivity contribution in [1.82, 2.24) is 5.32 Å². The smallest absolute Gasteiger partial charge is 0.0731 e. The van der Waals surface area contributed by atoms with Crippen molar-refractivity contribution in [3.05, 3.63) is 33.4 Å². The number of nitrogens with one attached hydrogen (secondary N) is 1. The zero-order valence-electron chi connectivity index (χ0n) is 12.3. The highest BCUT2D eigenvalue weighted by Crippen LogP contribution is 2.14. The third-order valence-corrected chi connectivity index (χ3v) is 3.96. The maximum atomic E-state index is 5.93. The lowest BCUT2D eigenvalue weighted by atomic mass is 9.98. The zero-order valence-corrected chi connectivity index (χ0v) is 14.4. The number of rotatable bonds is 9. The summed E-state index contributed by atoms with van der Waals surface area (Å²) in [5, 5.41) is 3.59. The lowest BCUT2D eigenvalue weighted by Gasteiger charge is -2.27. The van der Waals surface area contributed by atoms with Gasteiger partial charge in [-0.15, -0.1) is 0 Å². The molecule has 0 saturated carbocycles. The summed E-state index contributed by atoms with van der Waals surface area (Å²) in [7, 11) is 0. The Morgan fingerprint density at radius 1 is 1.16 bits per heavy atom. The second-order valence-electron chi connectivity index (χ2n) is 4.78. The molecule has 0 bridgehead atoms. The Hall–Kier alpha value is -0.130. The largest absolute Gasteiger partial charge is 0.377 e. The topological polar surface area (TPSA) is 21.3 Å². The molecule has 3 heteroatoms. The molecule has 0 aliphatic rings. The van der Waals surface area contributed by atoms with E-state index in [9.17, 15) is 0 Å². The van der Waals surface area contributed by atoms with E-state index in [1.807, 2.05) is 0 Å². The Bertz CT molecular complexity index is 333. The number of hydrogen-bond donors (Lipinski definition) is 1. The van der Waals surface area contributed by atoms with E-state index in [0.717, 1.165) is 26.0 Å². The predicted octanol–water partition coefficient (Wildman–Crippen LogP) is 4.02. The second kappa shape index (κ2) is 9.72. The average molecular weight is 375 g/mol. The first-order valence-corrected chi connectivity index (χ1v) is 8.38. The van der Waals surface area contributed by atoms with Crippen LogP contribution in [0.15, 0.2) is 24.3 Å². The van der Waals surface area contributed by atoms with Crippen LogP contribution >= 0.6 is 22.6 Å². The molecule has 1 aromatic rings. The molecule has 1 rings (SSSR count). The zero-order chi connectivity index (χ0) is 14.1. The van der Waals surface area contributed by atoms with E-state index < -0.39 is 0 Å². The first-order chi connectivity index (χ1) is 9.21. The van der Waals surface area contributed by atoms with Gasteiger partial charge < -0.3 is 10.1 Å². The van der Waals surface area contributed by atoms with Crippen molar-refractivity contribution >= 4 is 22.6 Å². The SMILES string of the molecule is CCCC(OCC)C(Cc1ccc(I)cc1)NCC. The van der Waals surface area contributed by atoms with Crippen LogP contribution in [0.25, 0.3) is 0 Å². The summed E-state index contributed by atoms with van der Waals surface area (Å²) in [5.41, 5.74) is 1.38. The van der Waals surface area contributed by atoms with Gasteiger partial charge in [-0.05, 0) is 66.6 Å². The van der Waals surface area contributed by atoms with Crippen LogP contribution < -0.4 is 5.32 Å². The first kappa shape index (κ1) is 16.9. The summed E-state index contributed by atoms with van der Waals surface area (Å²) < 4.78 is 7.22. The van der Waals surface area contributed by atoms with Gasteiger partial charge in [0.05, 0.1) is 6.10 Å². The summed E-state index contributed by atoms with van der Waals surface area (Å²) >= 11 is 2.35. The molecule has 0 aliphatic heterocycles. The summed E-state index contributed by atoms with van der Waals surface area (Å²) in [6, 6.07) is 9.20. The molecule has 0 aromatic heterocycles. The minimum atomic E-state index is 0.314. The first-order valence-electron chi connectivity index (χ1n) is 7.30. The van der Waals surface area contributed by atoms with Gasteiger partial charge in [0.1, 0.15) is 0 Å². The minimum Gasteiger partial charge on any atom is -0.377 e. The maximum Gasteiger partial charge on any atom is 0.0731 e. The Morgan fingerprint density at radius 2 is 1.84 bits per heavy atom. The van der Waals surface area contributed by atoms with Crippen molar-refractivity contribution in [2.24, 2.45) is 0 Å². The molecule has 2 atom stereocenters. The van der Waals surface area contributed by atoms with Crippen molar-refractivity contribution in [3.63, 3.8) is 0 Å². The van der Waals surface area contributed by atoms with Crippen LogP contribution in [-0.4, -0.2) is 25.3 Å². The third-order valence-electron chi connectivity index (χ3n) is 3.24. The average Bonchev–Trinajstić information content (AvgIpc) is 2.40. The Morgan fingerprint density at radius 3 is 2.37 bits per heavy atom. The van der Waals surface area contributed by atoms with E-state index in [-0.39, 0.29) is 0 Å². The fourth-order valence-corrected chi connectivity index (χ4v) is 2.73. The Kier molecular flexibility index (Phi) is 8.66.